The predicted octanol–water partition coefficient (Wildman–Crippen LogP) is 3.23. The molecule has 1 aromatic carbocycles. The van der Waals surface area contributed by atoms with E-state index in [-0.39, 0.29) is 5.91 Å². The van der Waals surface area contributed by atoms with Crippen molar-refractivity contribution in [2.45, 2.75) is 26.2 Å². The van der Waals surface area contributed by atoms with Crippen LogP contribution in [0.25, 0.3) is 0 Å². The van der Waals surface area contributed by atoms with Crippen LogP contribution in [0.5, 0.6) is 0 Å². The molecule has 0 unspecified atom stereocenters. The minimum atomic E-state index is -0.244. The van der Waals surface area contributed by atoms with Gasteiger partial charge in [0.15, 0.2) is 5.69 Å². The Bertz CT molecular complexity index is 613. The number of rotatable bonds is 3. The van der Waals surface area contributed by atoms with Gasteiger partial charge in [-0.3, -0.25) is 4.79 Å². The molecular weight excluding hydrogens is 266 g/mol. The highest BCUT2D eigenvalue weighted by molar-refractivity contribution is 6.03. The Kier molecular flexibility index (Phi) is 3.90. The van der Waals surface area contributed by atoms with E-state index >= 15 is 0 Å². The first-order valence-electron chi connectivity index (χ1n) is 7.31. The second-order valence-corrected chi connectivity index (χ2v) is 5.39. The van der Waals surface area contributed by atoms with E-state index in [1.807, 2.05) is 12.1 Å². The van der Waals surface area contributed by atoms with Gasteiger partial charge in [-0.1, -0.05) is 5.16 Å². The van der Waals surface area contributed by atoms with Crippen LogP contribution in [0.3, 0.4) is 0 Å². The molecule has 1 saturated heterocycles. The lowest BCUT2D eigenvalue weighted by Gasteiger charge is -2.28. The Morgan fingerprint density at radius 3 is 2.52 bits per heavy atom. The largest absolute Gasteiger partial charge is 0.372 e. The van der Waals surface area contributed by atoms with E-state index in [0.29, 0.717) is 5.69 Å². The molecule has 1 fully saturated rings. The van der Waals surface area contributed by atoms with Crippen molar-refractivity contribution in [2.24, 2.45) is 0 Å². The van der Waals surface area contributed by atoms with Crippen LogP contribution in [0.1, 0.15) is 35.3 Å². The monoisotopic (exact) mass is 285 g/mol. The molecule has 2 aromatic rings. The Balaban J connectivity index is 1.67. The molecule has 1 N–H and O–H groups in total. The second-order valence-electron chi connectivity index (χ2n) is 5.39. The number of hydrogen-bond donors (Lipinski definition) is 1. The maximum Gasteiger partial charge on any atom is 0.278 e. The van der Waals surface area contributed by atoms with Crippen LogP contribution in [0.4, 0.5) is 11.4 Å². The van der Waals surface area contributed by atoms with Gasteiger partial charge in [-0.15, -0.1) is 0 Å². The second kappa shape index (κ2) is 5.99. The number of anilines is 2. The first-order chi connectivity index (χ1) is 10.2. The van der Waals surface area contributed by atoms with Crippen molar-refractivity contribution in [1.29, 1.82) is 0 Å². The smallest absolute Gasteiger partial charge is 0.278 e. The lowest BCUT2D eigenvalue weighted by atomic mass is 10.1. The fraction of sp³-hybridized carbons (Fsp3) is 0.375. The van der Waals surface area contributed by atoms with Gasteiger partial charge in [0.25, 0.3) is 5.91 Å². The molecule has 0 atom stereocenters. The maximum atomic E-state index is 12.0. The van der Waals surface area contributed by atoms with Crippen LogP contribution in [-0.2, 0) is 0 Å². The summed E-state index contributed by atoms with van der Waals surface area (Å²) in [5.41, 5.74) is 3.04. The third-order valence-corrected chi connectivity index (χ3v) is 3.81. The van der Waals surface area contributed by atoms with Crippen molar-refractivity contribution >= 4 is 17.3 Å². The Morgan fingerprint density at radius 1 is 1.19 bits per heavy atom. The van der Waals surface area contributed by atoms with Gasteiger partial charge in [0.05, 0.1) is 0 Å². The zero-order valence-corrected chi connectivity index (χ0v) is 12.1. The minimum absolute atomic E-state index is 0.244. The number of aromatic nitrogens is 1. The first-order valence-corrected chi connectivity index (χ1v) is 7.31. The summed E-state index contributed by atoms with van der Waals surface area (Å²) in [5.74, 6) is -0.244. The van der Waals surface area contributed by atoms with Crippen LogP contribution in [0, 0.1) is 6.92 Å². The van der Waals surface area contributed by atoms with Gasteiger partial charge in [-0.25, -0.2) is 0 Å². The van der Waals surface area contributed by atoms with E-state index in [1.165, 1.54) is 31.2 Å². The van der Waals surface area contributed by atoms with Crippen molar-refractivity contribution in [3.63, 3.8) is 0 Å². The molecule has 5 heteroatoms. The fourth-order valence-electron chi connectivity index (χ4n) is 2.60. The molecule has 1 aromatic heterocycles. The quantitative estimate of drug-likeness (QED) is 0.940. The van der Waals surface area contributed by atoms with Gasteiger partial charge in [-0.05, 0) is 50.5 Å². The van der Waals surface area contributed by atoms with Crippen LogP contribution >= 0.6 is 0 Å². The Labute approximate surface area is 123 Å². The summed E-state index contributed by atoms with van der Waals surface area (Å²) < 4.78 is 4.79. The summed E-state index contributed by atoms with van der Waals surface area (Å²) in [6.45, 7) is 4.03. The van der Waals surface area contributed by atoms with Gasteiger partial charge in [0.2, 0.25) is 0 Å². The number of amides is 1. The van der Waals surface area contributed by atoms with E-state index in [9.17, 15) is 4.79 Å². The fourth-order valence-corrected chi connectivity index (χ4v) is 2.60. The molecule has 5 nitrogen and oxygen atoms in total. The zero-order valence-electron chi connectivity index (χ0n) is 12.1. The van der Waals surface area contributed by atoms with Crippen molar-refractivity contribution in [3.8, 4) is 0 Å². The molecule has 1 amide bonds. The number of carbonyl (C=O) groups is 1. The molecule has 0 saturated carbocycles. The SMILES string of the molecule is Cc1conc1C(=O)Nc1ccc(N2CCCCC2)cc1. The number of hydrogen-bond acceptors (Lipinski definition) is 4. The molecule has 1 aliphatic rings. The normalized spacial score (nSPS) is 15.0. The number of nitrogens with one attached hydrogen (secondary N) is 1. The van der Waals surface area contributed by atoms with Crippen molar-refractivity contribution in [1.82, 2.24) is 5.16 Å². The summed E-state index contributed by atoms with van der Waals surface area (Å²) in [5, 5.41) is 6.54. The van der Waals surface area contributed by atoms with Crippen molar-refractivity contribution in [3.05, 3.63) is 41.8 Å². The van der Waals surface area contributed by atoms with E-state index in [0.717, 1.165) is 24.3 Å². The van der Waals surface area contributed by atoms with Crippen molar-refractivity contribution in [2.75, 3.05) is 23.3 Å². The Hall–Kier alpha value is -2.30. The number of benzene rings is 1. The highest BCUT2D eigenvalue weighted by Gasteiger charge is 2.14. The molecule has 0 spiro atoms. The molecule has 2 heterocycles. The standard InChI is InChI=1S/C16H19N3O2/c1-12-11-21-18-15(12)16(20)17-13-5-7-14(8-6-13)19-9-3-2-4-10-19/h5-8,11H,2-4,9-10H2,1H3,(H,17,20). The summed E-state index contributed by atoms with van der Waals surface area (Å²) in [4.78, 5) is 14.4. The van der Waals surface area contributed by atoms with E-state index in [4.69, 9.17) is 4.52 Å². The molecule has 3 rings (SSSR count). The Morgan fingerprint density at radius 2 is 1.90 bits per heavy atom. The maximum absolute atomic E-state index is 12.0. The van der Waals surface area contributed by atoms with E-state index in [1.54, 1.807) is 6.92 Å². The number of carbonyl (C=O) groups excluding carboxylic acids is 1. The van der Waals surface area contributed by atoms with Crippen LogP contribution in [-0.4, -0.2) is 24.2 Å². The van der Waals surface area contributed by atoms with Gasteiger partial charge in [0.1, 0.15) is 6.26 Å². The third-order valence-electron chi connectivity index (χ3n) is 3.81. The van der Waals surface area contributed by atoms with Crippen LogP contribution < -0.4 is 10.2 Å². The summed E-state index contributed by atoms with van der Waals surface area (Å²) in [7, 11) is 0. The van der Waals surface area contributed by atoms with E-state index < -0.39 is 0 Å². The van der Waals surface area contributed by atoms with E-state index in [2.05, 4.69) is 27.5 Å². The molecule has 110 valence electrons. The minimum Gasteiger partial charge on any atom is -0.372 e. The van der Waals surface area contributed by atoms with Gasteiger partial charge < -0.3 is 14.7 Å². The summed E-state index contributed by atoms with van der Waals surface area (Å²) >= 11 is 0. The predicted molar refractivity (Wildman–Crippen MR) is 81.7 cm³/mol. The molecule has 0 radical (unpaired) electrons. The van der Waals surface area contributed by atoms with Crippen LogP contribution in [0.2, 0.25) is 0 Å². The topological polar surface area (TPSA) is 58.4 Å². The number of nitrogens with zero attached hydrogens (tertiary/aromatic N) is 2. The number of piperidine rings is 1. The lowest BCUT2D eigenvalue weighted by Crippen LogP contribution is -2.29. The highest BCUT2D eigenvalue weighted by Crippen LogP contribution is 2.22. The summed E-state index contributed by atoms with van der Waals surface area (Å²) in [6, 6.07) is 7.96. The molecule has 21 heavy (non-hydrogen) atoms. The van der Waals surface area contributed by atoms with Gasteiger partial charge in [0, 0.05) is 30.0 Å². The molecule has 0 bridgehead atoms. The van der Waals surface area contributed by atoms with Gasteiger partial charge in [-0.2, -0.15) is 0 Å². The summed E-state index contributed by atoms with van der Waals surface area (Å²) in [6.07, 6.45) is 5.30. The first kappa shape index (κ1) is 13.7. The highest BCUT2D eigenvalue weighted by atomic mass is 16.5. The average Bonchev–Trinajstić information content (AvgIpc) is 2.95. The van der Waals surface area contributed by atoms with Gasteiger partial charge >= 0.3 is 0 Å². The average molecular weight is 285 g/mol. The lowest BCUT2D eigenvalue weighted by molar-refractivity contribution is 0.101. The third kappa shape index (κ3) is 3.07. The number of aryl methyl sites for hydroxylation is 1. The molecule has 0 aliphatic carbocycles. The molecule has 1 aliphatic heterocycles. The van der Waals surface area contributed by atoms with Crippen molar-refractivity contribution < 1.29 is 9.32 Å². The molecular formula is C16H19N3O2. The van der Waals surface area contributed by atoms with Crippen LogP contribution in [0.15, 0.2) is 35.1 Å². The zero-order chi connectivity index (χ0) is 14.7.